The fourth-order valence-corrected chi connectivity index (χ4v) is 3.46. The Balaban J connectivity index is 1.90. The fourth-order valence-electron chi connectivity index (χ4n) is 2.93. The van der Waals surface area contributed by atoms with Gasteiger partial charge >= 0.3 is 0 Å². The van der Waals surface area contributed by atoms with Crippen LogP contribution in [0.15, 0.2) is 10.5 Å². The SMILES string of the molecule is Cc1c(Br)cc2c(c1C)OCCN(C[C@@H]1CCCO1)C2=O. The second-order valence-corrected chi connectivity index (χ2v) is 6.57. The third kappa shape index (κ3) is 2.81. The molecular weight excluding hydrogens is 334 g/mol. The average Bonchev–Trinajstić information content (AvgIpc) is 2.92. The van der Waals surface area contributed by atoms with Crippen molar-refractivity contribution in [2.45, 2.75) is 32.8 Å². The molecule has 5 heteroatoms. The number of carbonyl (C=O) groups is 1. The van der Waals surface area contributed by atoms with Gasteiger partial charge in [0.25, 0.3) is 5.91 Å². The van der Waals surface area contributed by atoms with Crippen LogP contribution in [0.1, 0.15) is 34.3 Å². The molecule has 1 aromatic rings. The number of rotatable bonds is 2. The van der Waals surface area contributed by atoms with Crippen LogP contribution in [0.5, 0.6) is 5.75 Å². The topological polar surface area (TPSA) is 38.8 Å². The molecule has 2 aliphatic heterocycles. The molecule has 0 spiro atoms. The smallest absolute Gasteiger partial charge is 0.257 e. The highest BCUT2D eigenvalue weighted by molar-refractivity contribution is 9.10. The molecule has 1 saturated heterocycles. The quantitative estimate of drug-likeness (QED) is 0.819. The Hall–Kier alpha value is -1.07. The van der Waals surface area contributed by atoms with Crippen LogP contribution in [-0.2, 0) is 4.74 Å². The summed E-state index contributed by atoms with van der Waals surface area (Å²) in [6, 6.07) is 1.88. The molecule has 1 atom stereocenters. The van der Waals surface area contributed by atoms with Crippen LogP contribution in [0.4, 0.5) is 0 Å². The highest BCUT2D eigenvalue weighted by atomic mass is 79.9. The first-order valence-corrected chi connectivity index (χ1v) is 8.20. The number of nitrogens with zero attached hydrogens (tertiary/aromatic N) is 1. The molecule has 0 radical (unpaired) electrons. The van der Waals surface area contributed by atoms with Crippen LogP contribution >= 0.6 is 15.9 Å². The predicted octanol–water partition coefficient (Wildman–Crippen LogP) is 3.08. The minimum absolute atomic E-state index is 0.0433. The van der Waals surface area contributed by atoms with Crippen LogP contribution in [0.25, 0.3) is 0 Å². The lowest BCUT2D eigenvalue weighted by molar-refractivity contribution is 0.0519. The molecule has 1 aromatic carbocycles. The Labute approximate surface area is 133 Å². The molecule has 0 aromatic heterocycles. The Bertz CT molecular complexity index is 567. The van der Waals surface area contributed by atoms with E-state index in [1.165, 1.54) is 0 Å². The maximum atomic E-state index is 12.8. The Kier molecular flexibility index (Phi) is 4.22. The van der Waals surface area contributed by atoms with Crippen molar-refractivity contribution >= 4 is 21.8 Å². The lowest BCUT2D eigenvalue weighted by Crippen LogP contribution is -2.38. The highest BCUT2D eigenvalue weighted by Gasteiger charge is 2.29. The van der Waals surface area contributed by atoms with Crippen molar-refractivity contribution in [3.8, 4) is 5.75 Å². The van der Waals surface area contributed by atoms with Gasteiger partial charge < -0.3 is 14.4 Å². The van der Waals surface area contributed by atoms with Gasteiger partial charge in [-0.2, -0.15) is 0 Å². The van der Waals surface area contributed by atoms with E-state index in [1.54, 1.807) is 0 Å². The van der Waals surface area contributed by atoms with E-state index in [0.29, 0.717) is 25.3 Å². The van der Waals surface area contributed by atoms with E-state index >= 15 is 0 Å². The van der Waals surface area contributed by atoms with Crippen molar-refractivity contribution in [1.29, 1.82) is 0 Å². The predicted molar refractivity (Wildman–Crippen MR) is 84.0 cm³/mol. The van der Waals surface area contributed by atoms with E-state index in [0.717, 1.165) is 40.8 Å². The maximum absolute atomic E-state index is 12.8. The Morgan fingerprint density at radius 1 is 1.33 bits per heavy atom. The van der Waals surface area contributed by atoms with Crippen LogP contribution in [0, 0.1) is 13.8 Å². The number of amides is 1. The van der Waals surface area contributed by atoms with Gasteiger partial charge in [0.05, 0.1) is 18.2 Å². The Morgan fingerprint density at radius 3 is 2.86 bits per heavy atom. The summed E-state index contributed by atoms with van der Waals surface area (Å²) >= 11 is 3.54. The molecule has 114 valence electrons. The highest BCUT2D eigenvalue weighted by Crippen LogP contribution is 2.34. The summed E-state index contributed by atoms with van der Waals surface area (Å²) in [6.07, 6.45) is 2.29. The molecule has 2 aliphatic rings. The van der Waals surface area contributed by atoms with Gasteiger partial charge in [0.15, 0.2) is 0 Å². The molecular formula is C16H20BrNO3. The number of benzene rings is 1. The minimum atomic E-state index is 0.0433. The number of fused-ring (bicyclic) bond motifs is 1. The lowest BCUT2D eigenvalue weighted by Gasteiger charge is -2.23. The largest absolute Gasteiger partial charge is 0.491 e. The van der Waals surface area contributed by atoms with Crippen molar-refractivity contribution < 1.29 is 14.3 Å². The summed E-state index contributed by atoms with van der Waals surface area (Å²) in [5, 5.41) is 0. The molecule has 0 N–H and O–H groups in total. The maximum Gasteiger partial charge on any atom is 0.257 e. The number of carbonyl (C=O) groups excluding carboxylic acids is 1. The molecule has 0 saturated carbocycles. The molecule has 21 heavy (non-hydrogen) atoms. The summed E-state index contributed by atoms with van der Waals surface area (Å²) in [7, 11) is 0. The van der Waals surface area contributed by atoms with Gasteiger partial charge in [0, 0.05) is 17.6 Å². The number of halogens is 1. The van der Waals surface area contributed by atoms with Gasteiger partial charge in [-0.05, 0) is 43.9 Å². The van der Waals surface area contributed by atoms with Crippen molar-refractivity contribution in [3.63, 3.8) is 0 Å². The summed E-state index contributed by atoms with van der Waals surface area (Å²) in [6.45, 7) is 6.65. The van der Waals surface area contributed by atoms with E-state index in [4.69, 9.17) is 9.47 Å². The second kappa shape index (κ2) is 5.97. The molecule has 2 heterocycles. The normalized spacial score (nSPS) is 22.0. The molecule has 1 fully saturated rings. The lowest BCUT2D eigenvalue weighted by atomic mass is 10.0. The zero-order valence-electron chi connectivity index (χ0n) is 12.4. The standard InChI is InChI=1S/C16H20BrNO3/c1-10-11(2)15-13(8-14(10)17)16(19)18(5-7-21-15)9-12-4-3-6-20-12/h8,12H,3-7,9H2,1-2H3/t12-/m0/s1. The second-order valence-electron chi connectivity index (χ2n) is 5.72. The van der Waals surface area contributed by atoms with Crippen molar-refractivity contribution in [1.82, 2.24) is 4.90 Å². The molecule has 0 aliphatic carbocycles. The molecule has 1 amide bonds. The molecule has 0 bridgehead atoms. The molecule has 3 rings (SSSR count). The van der Waals surface area contributed by atoms with E-state index in [-0.39, 0.29) is 12.0 Å². The van der Waals surface area contributed by atoms with Crippen LogP contribution < -0.4 is 4.74 Å². The van der Waals surface area contributed by atoms with Gasteiger partial charge in [-0.3, -0.25) is 4.79 Å². The van der Waals surface area contributed by atoms with E-state index in [1.807, 2.05) is 24.8 Å². The van der Waals surface area contributed by atoms with Crippen molar-refractivity contribution in [2.75, 3.05) is 26.3 Å². The zero-order valence-corrected chi connectivity index (χ0v) is 14.0. The molecule has 4 nitrogen and oxygen atoms in total. The van der Waals surface area contributed by atoms with Crippen molar-refractivity contribution in [2.24, 2.45) is 0 Å². The van der Waals surface area contributed by atoms with E-state index in [9.17, 15) is 4.79 Å². The van der Waals surface area contributed by atoms with Crippen LogP contribution in [-0.4, -0.2) is 43.2 Å². The van der Waals surface area contributed by atoms with Gasteiger partial charge in [-0.25, -0.2) is 0 Å². The van der Waals surface area contributed by atoms with Gasteiger partial charge in [-0.15, -0.1) is 0 Å². The first-order chi connectivity index (χ1) is 10.1. The summed E-state index contributed by atoms with van der Waals surface area (Å²) in [5.74, 6) is 0.775. The summed E-state index contributed by atoms with van der Waals surface area (Å²) < 4.78 is 12.5. The fraction of sp³-hybridized carbons (Fsp3) is 0.562. The number of hydrogen-bond acceptors (Lipinski definition) is 3. The van der Waals surface area contributed by atoms with Crippen LogP contribution in [0.3, 0.4) is 0 Å². The van der Waals surface area contributed by atoms with Crippen molar-refractivity contribution in [3.05, 3.63) is 27.2 Å². The Morgan fingerprint density at radius 2 is 2.14 bits per heavy atom. The van der Waals surface area contributed by atoms with E-state index in [2.05, 4.69) is 15.9 Å². The minimum Gasteiger partial charge on any atom is -0.491 e. The van der Waals surface area contributed by atoms with Gasteiger partial charge in [-0.1, -0.05) is 15.9 Å². The van der Waals surface area contributed by atoms with E-state index < -0.39 is 0 Å². The summed E-state index contributed by atoms with van der Waals surface area (Å²) in [5.41, 5.74) is 2.81. The van der Waals surface area contributed by atoms with Crippen LogP contribution in [0.2, 0.25) is 0 Å². The summed E-state index contributed by atoms with van der Waals surface area (Å²) in [4.78, 5) is 14.7. The number of hydrogen-bond donors (Lipinski definition) is 0. The van der Waals surface area contributed by atoms with Gasteiger partial charge in [0.1, 0.15) is 12.4 Å². The first kappa shape index (κ1) is 14.9. The third-order valence-electron chi connectivity index (χ3n) is 4.35. The monoisotopic (exact) mass is 353 g/mol. The number of ether oxygens (including phenoxy) is 2. The van der Waals surface area contributed by atoms with Gasteiger partial charge in [0.2, 0.25) is 0 Å². The first-order valence-electron chi connectivity index (χ1n) is 7.41. The zero-order chi connectivity index (χ0) is 15.0. The molecule has 0 unspecified atom stereocenters. The third-order valence-corrected chi connectivity index (χ3v) is 5.17. The average molecular weight is 354 g/mol.